The molecule has 2 heterocycles. The number of nitrogens with one attached hydrogen (secondary N) is 2. The molecule has 196 valence electrons. The topological polar surface area (TPSA) is 96.0 Å². The number of carbonyl (C=O) groups excluding carboxylic acids is 2. The normalized spacial score (nSPS) is 17.1. The van der Waals surface area contributed by atoms with Gasteiger partial charge in [0.05, 0.1) is 25.9 Å². The van der Waals surface area contributed by atoms with Crippen LogP contribution in [0.15, 0.2) is 24.5 Å². The fourth-order valence-electron chi connectivity index (χ4n) is 4.60. The molecule has 0 unspecified atom stereocenters. The molecule has 2 N–H and O–H groups in total. The fraction of sp³-hybridized carbons (Fsp3) is 0.731. The van der Waals surface area contributed by atoms with Gasteiger partial charge in [0.15, 0.2) is 0 Å². The maximum Gasteiger partial charge on any atom is 0.315 e. The summed E-state index contributed by atoms with van der Waals surface area (Å²) in [6, 6.07) is 3.82. The van der Waals surface area contributed by atoms with Crippen LogP contribution in [0.5, 0.6) is 0 Å². The Labute approximate surface area is 209 Å². The molecule has 2 aliphatic rings. The summed E-state index contributed by atoms with van der Waals surface area (Å²) in [7, 11) is 0. The van der Waals surface area contributed by atoms with Crippen molar-refractivity contribution in [2.45, 2.75) is 76.8 Å². The largest absolute Gasteiger partial charge is 0.379 e. The summed E-state index contributed by atoms with van der Waals surface area (Å²) in [4.78, 5) is 37.3. The van der Waals surface area contributed by atoms with Gasteiger partial charge < -0.3 is 15.4 Å². The quantitative estimate of drug-likeness (QED) is 0.308. The van der Waals surface area contributed by atoms with Gasteiger partial charge in [0.1, 0.15) is 0 Å². The summed E-state index contributed by atoms with van der Waals surface area (Å²) in [5.74, 6) is 0.118. The van der Waals surface area contributed by atoms with Gasteiger partial charge in [-0.05, 0) is 43.4 Å². The second-order valence-corrected chi connectivity index (χ2v) is 9.43. The average molecular weight is 490 g/mol. The van der Waals surface area contributed by atoms with Crippen molar-refractivity contribution in [3.63, 3.8) is 0 Å². The maximum absolute atomic E-state index is 13.0. The van der Waals surface area contributed by atoms with Crippen molar-refractivity contribution in [1.82, 2.24) is 25.6 Å². The Morgan fingerprint density at radius 3 is 2.54 bits per heavy atom. The number of rotatable bonds is 14. The number of nitrogens with zero attached hydrogens (tertiary/aromatic N) is 3. The summed E-state index contributed by atoms with van der Waals surface area (Å²) in [5, 5.41) is 7.45. The summed E-state index contributed by atoms with van der Waals surface area (Å²) in [6.07, 6.45) is 13.3. The van der Waals surface area contributed by atoms with Gasteiger partial charge in [0, 0.05) is 51.5 Å². The van der Waals surface area contributed by atoms with E-state index < -0.39 is 0 Å². The van der Waals surface area contributed by atoms with Crippen LogP contribution in [0.4, 0.5) is 4.79 Å². The molecule has 3 rings (SSSR count). The van der Waals surface area contributed by atoms with Crippen molar-refractivity contribution in [1.29, 1.82) is 0 Å². The first-order chi connectivity index (χ1) is 17.2. The molecule has 1 aliphatic heterocycles. The Morgan fingerprint density at radius 2 is 1.77 bits per heavy atom. The van der Waals surface area contributed by atoms with Gasteiger partial charge in [-0.15, -0.1) is 0 Å². The Balaban J connectivity index is 1.26. The van der Waals surface area contributed by atoms with Crippen LogP contribution >= 0.6 is 0 Å². The highest BCUT2D eigenvalue weighted by Crippen LogP contribution is 2.24. The molecule has 9 heteroatoms. The predicted octanol–water partition coefficient (Wildman–Crippen LogP) is 3.26. The highest BCUT2D eigenvalue weighted by molar-refractivity contribution is 5.75. The minimum Gasteiger partial charge on any atom is -0.379 e. The molecule has 1 aromatic rings. The Bertz CT molecular complexity index is 724. The van der Waals surface area contributed by atoms with Crippen molar-refractivity contribution >= 4 is 11.9 Å². The van der Waals surface area contributed by atoms with E-state index in [1.54, 1.807) is 17.5 Å². The number of pyridine rings is 1. The number of hydrogen-bond donors (Lipinski definition) is 2. The van der Waals surface area contributed by atoms with E-state index in [-0.39, 0.29) is 18.0 Å². The lowest BCUT2D eigenvalue weighted by molar-refractivity contribution is -0.205. The van der Waals surface area contributed by atoms with E-state index in [1.165, 1.54) is 19.3 Å². The third-order valence-corrected chi connectivity index (χ3v) is 6.70. The molecule has 0 bridgehead atoms. The number of aromatic nitrogens is 1. The number of morpholine rings is 1. The molecular formula is C26H43N5O4. The number of hydrogen-bond acceptors (Lipinski definition) is 6. The number of carbonyl (C=O) groups is 2. The van der Waals surface area contributed by atoms with Crippen LogP contribution in [0.2, 0.25) is 0 Å². The molecule has 1 aliphatic carbocycles. The highest BCUT2D eigenvalue weighted by Gasteiger charge is 2.26. The van der Waals surface area contributed by atoms with E-state index in [0.29, 0.717) is 26.1 Å². The van der Waals surface area contributed by atoms with Gasteiger partial charge in [-0.25, -0.2) is 9.86 Å². The van der Waals surface area contributed by atoms with E-state index in [4.69, 9.17) is 9.57 Å². The average Bonchev–Trinajstić information content (AvgIpc) is 2.91. The van der Waals surface area contributed by atoms with Crippen LogP contribution in [0.25, 0.3) is 0 Å². The molecule has 0 atom stereocenters. The van der Waals surface area contributed by atoms with Crippen molar-refractivity contribution in [2.75, 3.05) is 46.0 Å². The Morgan fingerprint density at radius 1 is 1.03 bits per heavy atom. The zero-order valence-electron chi connectivity index (χ0n) is 21.1. The van der Waals surface area contributed by atoms with Crippen molar-refractivity contribution in [3.05, 3.63) is 30.1 Å². The smallest absolute Gasteiger partial charge is 0.315 e. The molecule has 2 fully saturated rings. The second-order valence-electron chi connectivity index (χ2n) is 9.43. The van der Waals surface area contributed by atoms with Gasteiger partial charge in [-0.3, -0.25) is 19.5 Å². The molecule has 9 nitrogen and oxygen atoms in total. The summed E-state index contributed by atoms with van der Waals surface area (Å²) in [5.41, 5.74) is 1.02. The SMILES string of the molecule is O=C(NCCCCCCC(=O)N(OCCN1CCOCC1)C1CCCCC1)NCc1ccncc1. The Hall–Kier alpha value is -2.23. The van der Waals surface area contributed by atoms with Crippen LogP contribution in [-0.2, 0) is 20.9 Å². The van der Waals surface area contributed by atoms with E-state index in [2.05, 4.69) is 20.5 Å². The lowest BCUT2D eigenvalue weighted by atomic mass is 9.95. The molecule has 1 saturated carbocycles. The summed E-state index contributed by atoms with van der Waals surface area (Å²) >= 11 is 0. The summed E-state index contributed by atoms with van der Waals surface area (Å²) < 4.78 is 5.41. The number of urea groups is 1. The number of amides is 3. The first-order valence-corrected chi connectivity index (χ1v) is 13.4. The number of ether oxygens (including phenoxy) is 1. The molecule has 1 aromatic heterocycles. The minimum absolute atomic E-state index is 0.118. The predicted molar refractivity (Wildman–Crippen MR) is 134 cm³/mol. The Kier molecular flexibility index (Phi) is 12.9. The van der Waals surface area contributed by atoms with Gasteiger partial charge in [-0.2, -0.15) is 0 Å². The molecule has 0 aromatic carbocycles. The van der Waals surface area contributed by atoms with Crippen molar-refractivity contribution < 1.29 is 19.2 Å². The van der Waals surface area contributed by atoms with E-state index in [0.717, 1.165) is 76.9 Å². The van der Waals surface area contributed by atoms with Gasteiger partial charge >= 0.3 is 6.03 Å². The summed E-state index contributed by atoms with van der Waals surface area (Å²) in [6.45, 7) is 5.93. The monoisotopic (exact) mass is 489 g/mol. The zero-order chi connectivity index (χ0) is 24.6. The lowest BCUT2D eigenvalue weighted by Gasteiger charge is -2.34. The maximum atomic E-state index is 13.0. The molecule has 3 amide bonds. The zero-order valence-corrected chi connectivity index (χ0v) is 21.1. The van der Waals surface area contributed by atoms with E-state index in [1.807, 2.05) is 12.1 Å². The molecule has 0 radical (unpaired) electrons. The van der Waals surface area contributed by atoms with E-state index in [9.17, 15) is 9.59 Å². The van der Waals surface area contributed by atoms with Crippen LogP contribution in [0.1, 0.15) is 69.8 Å². The standard InChI is InChI=1S/C26H43N5O4/c32-25(10-6-1-2-7-13-28-26(33)29-22-23-11-14-27-15-12-23)31(24-8-4-3-5-9-24)35-21-18-30-16-19-34-20-17-30/h11-12,14-15,24H,1-10,13,16-22H2,(H2,28,29,33). The second kappa shape index (κ2) is 16.4. The van der Waals surface area contributed by atoms with Crippen LogP contribution in [0, 0.1) is 0 Å². The van der Waals surface area contributed by atoms with Gasteiger partial charge in [0.25, 0.3) is 0 Å². The van der Waals surface area contributed by atoms with Crippen molar-refractivity contribution in [3.8, 4) is 0 Å². The minimum atomic E-state index is -0.158. The number of hydroxylamine groups is 2. The molecule has 35 heavy (non-hydrogen) atoms. The lowest BCUT2D eigenvalue weighted by Crippen LogP contribution is -2.44. The van der Waals surface area contributed by atoms with Crippen molar-refractivity contribution in [2.24, 2.45) is 0 Å². The first-order valence-electron chi connectivity index (χ1n) is 13.4. The molecule has 1 saturated heterocycles. The molecular weight excluding hydrogens is 446 g/mol. The van der Waals surface area contributed by atoms with Crippen LogP contribution < -0.4 is 10.6 Å². The third kappa shape index (κ3) is 10.9. The first kappa shape index (κ1) is 27.4. The fourth-order valence-corrected chi connectivity index (χ4v) is 4.60. The highest BCUT2D eigenvalue weighted by atomic mass is 16.7. The number of unbranched alkanes of at least 4 members (excludes halogenated alkanes) is 3. The van der Waals surface area contributed by atoms with E-state index >= 15 is 0 Å². The van der Waals surface area contributed by atoms with Crippen LogP contribution in [-0.4, -0.2) is 78.9 Å². The molecule has 0 spiro atoms. The van der Waals surface area contributed by atoms with Crippen LogP contribution in [0.3, 0.4) is 0 Å². The van der Waals surface area contributed by atoms with Gasteiger partial charge in [0.2, 0.25) is 5.91 Å². The van der Waals surface area contributed by atoms with Gasteiger partial charge in [-0.1, -0.05) is 32.1 Å². The third-order valence-electron chi connectivity index (χ3n) is 6.70.